The number of halogens is 1. The number of benzene rings is 1. The molecule has 1 unspecified atom stereocenters. The van der Waals surface area contributed by atoms with Crippen LogP contribution in [0, 0.1) is 0 Å². The first-order valence-corrected chi connectivity index (χ1v) is 6.95. The minimum absolute atomic E-state index is 0.151. The normalized spacial score (nSPS) is 12.2. The van der Waals surface area contributed by atoms with Gasteiger partial charge in [0, 0.05) is 16.7 Å². The monoisotopic (exact) mass is 275 g/mol. The second-order valence-corrected chi connectivity index (χ2v) is 5.62. The molecule has 0 radical (unpaired) electrons. The van der Waals surface area contributed by atoms with Crippen molar-refractivity contribution in [2.45, 2.75) is 17.1 Å². The highest BCUT2D eigenvalue weighted by atomic mass is 35.5. The summed E-state index contributed by atoms with van der Waals surface area (Å²) < 4.78 is 0. The number of hydrogen-bond acceptors (Lipinski definition) is 3. The third-order valence-corrected chi connectivity index (χ3v) is 3.73. The third kappa shape index (κ3) is 3.92. The van der Waals surface area contributed by atoms with Gasteiger partial charge in [0.05, 0.1) is 10.6 Å². The van der Waals surface area contributed by atoms with Crippen LogP contribution in [0.15, 0.2) is 23.1 Å². The quantitative estimate of drug-likeness (QED) is 0.827. The number of thioether (sulfide) groups is 1. The van der Waals surface area contributed by atoms with Gasteiger partial charge >= 0.3 is 0 Å². The molecule has 88 valence electrons. The highest BCUT2D eigenvalue weighted by Gasteiger charge is 2.11. The first-order valence-electron chi connectivity index (χ1n) is 4.84. The van der Waals surface area contributed by atoms with E-state index >= 15 is 0 Å². The van der Waals surface area contributed by atoms with E-state index in [1.165, 1.54) is 0 Å². The summed E-state index contributed by atoms with van der Waals surface area (Å²) in [5, 5.41) is 3.68. The fraction of sp³-hybridized carbons (Fsp3) is 0.364. The molecule has 0 aliphatic rings. The van der Waals surface area contributed by atoms with Crippen molar-refractivity contribution in [2.75, 3.05) is 12.8 Å². The van der Waals surface area contributed by atoms with Crippen LogP contribution in [0.25, 0.3) is 0 Å². The molecule has 16 heavy (non-hydrogen) atoms. The van der Waals surface area contributed by atoms with Gasteiger partial charge < -0.3 is 5.32 Å². The first kappa shape index (κ1) is 13.7. The molecule has 2 nitrogen and oxygen atoms in total. The van der Waals surface area contributed by atoms with Gasteiger partial charge in [-0.15, -0.1) is 12.6 Å². The zero-order chi connectivity index (χ0) is 12.1. The third-order valence-electron chi connectivity index (χ3n) is 2.15. The van der Waals surface area contributed by atoms with Gasteiger partial charge in [0.1, 0.15) is 0 Å². The van der Waals surface area contributed by atoms with Crippen LogP contribution in [0.2, 0.25) is 5.02 Å². The molecule has 0 spiro atoms. The molecule has 0 bridgehead atoms. The van der Waals surface area contributed by atoms with E-state index in [4.69, 9.17) is 11.6 Å². The summed E-state index contributed by atoms with van der Waals surface area (Å²) in [5.41, 5.74) is 0.475. The largest absolute Gasteiger partial charge is 0.351 e. The van der Waals surface area contributed by atoms with E-state index in [9.17, 15) is 4.79 Å². The number of hydrogen-bond donors (Lipinski definition) is 2. The van der Waals surface area contributed by atoms with Crippen LogP contribution in [0.3, 0.4) is 0 Å². The van der Waals surface area contributed by atoms with Crippen molar-refractivity contribution in [3.63, 3.8) is 0 Å². The molecule has 0 aliphatic heterocycles. The summed E-state index contributed by atoms with van der Waals surface area (Å²) in [6, 6.07) is 5.11. The smallest absolute Gasteiger partial charge is 0.252 e. The maximum atomic E-state index is 11.8. The lowest BCUT2D eigenvalue weighted by Gasteiger charge is -2.10. The van der Waals surface area contributed by atoms with Crippen molar-refractivity contribution in [2.24, 2.45) is 0 Å². The summed E-state index contributed by atoms with van der Waals surface area (Å²) in [5.74, 6) is -0.151. The maximum Gasteiger partial charge on any atom is 0.252 e. The Balaban J connectivity index is 2.69. The molecule has 1 N–H and O–H groups in total. The molecule has 1 atom stereocenters. The fourth-order valence-electron chi connectivity index (χ4n) is 1.10. The number of amides is 1. The summed E-state index contributed by atoms with van der Waals surface area (Å²) in [6.45, 7) is 2.69. The fourth-order valence-corrected chi connectivity index (χ4v) is 1.76. The molecule has 1 aromatic carbocycles. The Hall–Kier alpha value is -0.320. The zero-order valence-electron chi connectivity index (χ0n) is 9.16. The van der Waals surface area contributed by atoms with E-state index in [1.54, 1.807) is 30.0 Å². The van der Waals surface area contributed by atoms with Gasteiger partial charge in [0.15, 0.2) is 0 Å². The van der Waals surface area contributed by atoms with E-state index in [1.807, 2.05) is 6.26 Å². The lowest BCUT2D eigenvalue weighted by atomic mass is 10.2. The standard InChI is InChI=1S/C11H14ClNOS2/c1-7(16-2)6-13-11(14)9-5-8(15)3-4-10(9)12/h3-5,7,15H,6H2,1-2H3,(H,13,14). The Morgan fingerprint density at radius 1 is 1.62 bits per heavy atom. The second kappa shape index (κ2) is 6.42. The van der Waals surface area contributed by atoms with Crippen molar-refractivity contribution in [3.8, 4) is 0 Å². The van der Waals surface area contributed by atoms with Crippen LogP contribution in [-0.2, 0) is 0 Å². The van der Waals surface area contributed by atoms with Gasteiger partial charge in [-0.25, -0.2) is 0 Å². The maximum absolute atomic E-state index is 11.8. The van der Waals surface area contributed by atoms with Crippen molar-refractivity contribution in [3.05, 3.63) is 28.8 Å². The van der Waals surface area contributed by atoms with Crippen molar-refractivity contribution >= 4 is 41.9 Å². The first-order chi connectivity index (χ1) is 7.54. The predicted molar refractivity (Wildman–Crippen MR) is 74.0 cm³/mol. The average molecular weight is 276 g/mol. The second-order valence-electron chi connectivity index (χ2n) is 3.42. The molecule has 0 fully saturated rings. The van der Waals surface area contributed by atoms with Crippen LogP contribution in [-0.4, -0.2) is 24.0 Å². The summed E-state index contributed by atoms with van der Waals surface area (Å²) in [6.07, 6.45) is 2.01. The van der Waals surface area contributed by atoms with Crippen molar-refractivity contribution in [1.29, 1.82) is 0 Å². The molecular formula is C11H14ClNOS2. The molecular weight excluding hydrogens is 262 g/mol. The van der Waals surface area contributed by atoms with Crippen LogP contribution < -0.4 is 5.32 Å². The van der Waals surface area contributed by atoms with E-state index < -0.39 is 0 Å². The Bertz CT molecular complexity index is 384. The SMILES string of the molecule is CSC(C)CNC(=O)c1cc(S)ccc1Cl. The number of carbonyl (C=O) groups excluding carboxylic acids is 1. The van der Waals surface area contributed by atoms with E-state index in [0.29, 0.717) is 22.4 Å². The van der Waals surface area contributed by atoms with Gasteiger partial charge in [-0.05, 0) is 24.5 Å². The Morgan fingerprint density at radius 3 is 2.94 bits per heavy atom. The number of thiol groups is 1. The Kier molecular flexibility index (Phi) is 5.52. The van der Waals surface area contributed by atoms with Crippen LogP contribution in [0.4, 0.5) is 0 Å². The molecule has 5 heteroatoms. The van der Waals surface area contributed by atoms with Crippen LogP contribution in [0.1, 0.15) is 17.3 Å². The van der Waals surface area contributed by atoms with E-state index in [-0.39, 0.29) is 5.91 Å². The lowest BCUT2D eigenvalue weighted by molar-refractivity contribution is 0.0954. The van der Waals surface area contributed by atoms with Gasteiger partial charge in [-0.2, -0.15) is 11.8 Å². The lowest BCUT2D eigenvalue weighted by Crippen LogP contribution is -2.29. The number of rotatable bonds is 4. The highest BCUT2D eigenvalue weighted by Crippen LogP contribution is 2.19. The van der Waals surface area contributed by atoms with Gasteiger partial charge in [0.25, 0.3) is 5.91 Å². The van der Waals surface area contributed by atoms with Crippen molar-refractivity contribution < 1.29 is 4.79 Å². The van der Waals surface area contributed by atoms with E-state index in [2.05, 4.69) is 24.9 Å². The molecule has 1 amide bonds. The number of nitrogens with one attached hydrogen (secondary N) is 1. The summed E-state index contributed by atoms with van der Waals surface area (Å²) in [4.78, 5) is 12.5. The molecule has 1 aromatic rings. The molecule has 1 rings (SSSR count). The van der Waals surface area contributed by atoms with Gasteiger partial charge in [0.2, 0.25) is 0 Å². The Labute approximate surface area is 111 Å². The van der Waals surface area contributed by atoms with E-state index in [0.717, 1.165) is 4.90 Å². The minimum Gasteiger partial charge on any atom is -0.351 e. The van der Waals surface area contributed by atoms with Crippen LogP contribution in [0.5, 0.6) is 0 Å². The zero-order valence-corrected chi connectivity index (χ0v) is 11.6. The molecule has 0 aliphatic carbocycles. The molecule has 0 saturated heterocycles. The molecule has 0 saturated carbocycles. The summed E-state index contributed by atoms with van der Waals surface area (Å²) >= 11 is 11.8. The number of carbonyl (C=O) groups is 1. The van der Waals surface area contributed by atoms with Gasteiger partial charge in [-0.1, -0.05) is 18.5 Å². The molecule has 0 heterocycles. The average Bonchev–Trinajstić information content (AvgIpc) is 2.28. The Morgan fingerprint density at radius 2 is 2.31 bits per heavy atom. The van der Waals surface area contributed by atoms with Gasteiger partial charge in [-0.3, -0.25) is 4.79 Å². The highest BCUT2D eigenvalue weighted by molar-refractivity contribution is 7.99. The predicted octanol–water partition coefficient (Wildman–Crippen LogP) is 3.11. The molecule has 0 aromatic heterocycles. The summed E-state index contributed by atoms with van der Waals surface area (Å²) in [7, 11) is 0. The van der Waals surface area contributed by atoms with Crippen LogP contribution >= 0.6 is 36.0 Å². The van der Waals surface area contributed by atoms with Crippen molar-refractivity contribution in [1.82, 2.24) is 5.32 Å². The topological polar surface area (TPSA) is 29.1 Å². The minimum atomic E-state index is -0.151.